The molecule has 0 amide bonds. The van der Waals surface area contributed by atoms with Gasteiger partial charge in [0.25, 0.3) is 0 Å². The molecule has 0 N–H and O–H groups in total. The van der Waals surface area contributed by atoms with Crippen LogP contribution in [0.5, 0.6) is 0 Å². The Morgan fingerprint density at radius 2 is 2.07 bits per heavy atom. The molecule has 0 radical (unpaired) electrons. The summed E-state index contributed by atoms with van der Waals surface area (Å²) in [4.78, 5) is 12.1. The third-order valence-electron chi connectivity index (χ3n) is 2.26. The summed E-state index contributed by atoms with van der Waals surface area (Å²) in [6.45, 7) is 5.90. The molecular formula is C13H18OS. The van der Waals surface area contributed by atoms with Gasteiger partial charge in [0.2, 0.25) is 0 Å². The Morgan fingerprint density at radius 1 is 1.33 bits per heavy atom. The standard InChI is InChI=1S/C13H18OS/c1-10-6-7-13(11(2)9-10)15-8-4-5-12(3)14/h6-7,9H,4-5,8H2,1-3H3. The lowest BCUT2D eigenvalue weighted by Crippen LogP contribution is -1.91. The maximum Gasteiger partial charge on any atom is 0.129 e. The van der Waals surface area contributed by atoms with E-state index in [2.05, 4.69) is 32.0 Å². The van der Waals surface area contributed by atoms with Gasteiger partial charge in [0.15, 0.2) is 0 Å². The molecule has 0 aliphatic heterocycles. The molecular weight excluding hydrogens is 204 g/mol. The predicted octanol–water partition coefficient (Wildman–Crippen LogP) is 3.76. The summed E-state index contributed by atoms with van der Waals surface area (Å²) < 4.78 is 0. The number of Topliss-reactive ketones (excluding diaryl/α,β-unsaturated/α-hetero) is 1. The van der Waals surface area contributed by atoms with Crippen LogP contribution in [-0.4, -0.2) is 11.5 Å². The van der Waals surface area contributed by atoms with E-state index in [9.17, 15) is 4.79 Å². The molecule has 0 bridgehead atoms. The highest BCUT2D eigenvalue weighted by molar-refractivity contribution is 7.99. The maximum atomic E-state index is 10.8. The average Bonchev–Trinajstić information content (AvgIpc) is 2.14. The van der Waals surface area contributed by atoms with Gasteiger partial charge in [-0.2, -0.15) is 0 Å². The van der Waals surface area contributed by atoms with Gasteiger partial charge in [-0.1, -0.05) is 17.7 Å². The maximum absolute atomic E-state index is 10.8. The largest absolute Gasteiger partial charge is 0.300 e. The molecule has 0 unspecified atom stereocenters. The zero-order valence-corrected chi connectivity index (χ0v) is 10.5. The Morgan fingerprint density at radius 3 is 2.67 bits per heavy atom. The second-order valence-corrected chi connectivity index (χ2v) is 5.06. The van der Waals surface area contributed by atoms with E-state index in [-0.39, 0.29) is 5.78 Å². The first-order chi connectivity index (χ1) is 7.09. The monoisotopic (exact) mass is 222 g/mol. The van der Waals surface area contributed by atoms with Crippen molar-refractivity contribution in [3.63, 3.8) is 0 Å². The van der Waals surface area contributed by atoms with Gasteiger partial charge in [-0.25, -0.2) is 0 Å². The summed E-state index contributed by atoms with van der Waals surface area (Å²) >= 11 is 1.85. The number of benzene rings is 1. The first-order valence-corrected chi connectivity index (χ1v) is 6.27. The van der Waals surface area contributed by atoms with Crippen LogP contribution in [0.3, 0.4) is 0 Å². The summed E-state index contributed by atoms with van der Waals surface area (Å²) in [5.41, 5.74) is 2.64. The van der Waals surface area contributed by atoms with Crippen molar-refractivity contribution in [3.8, 4) is 0 Å². The van der Waals surface area contributed by atoms with Crippen molar-refractivity contribution in [3.05, 3.63) is 29.3 Å². The lowest BCUT2D eigenvalue weighted by molar-refractivity contribution is -0.117. The highest BCUT2D eigenvalue weighted by atomic mass is 32.2. The lowest BCUT2D eigenvalue weighted by atomic mass is 10.2. The molecule has 0 aliphatic carbocycles. The van der Waals surface area contributed by atoms with E-state index >= 15 is 0 Å². The van der Waals surface area contributed by atoms with E-state index in [1.165, 1.54) is 16.0 Å². The summed E-state index contributed by atoms with van der Waals surface area (Å²) in [5, 5.41) is 0. The fourth-order valence-electron chi connectivity index (χ4n) is 1.46. The predicted molar refractivity (Wildman–Crippen MR) is 66.6 cm³/mol. The molecule has 1 aromatic rings. The minimum Gasteiger partial charge on any atom is -0.300 e. The molecule has 0 spiro atoms. The topological polar surface area (TPSA) is 17.1 Å². The Kier molecular flexibility index (Phi) is 4.89. The minimum absolute atomic E-state index is 0.288. The van der Waals surface area contributed by atoms with Crippen molar-refractivity contribution in [2.45, 2.75) is 38.5 Å². The van der Waals surface area contributed by atoms with E-state index < -0.39 is 0 Å². The Hall–Kier alpha value is -0.760. The van der Waals surface area contributed by atoms with Crippen LogP contribution < -0.4 is 0 Å². The summed E-state index contributed by atoms with van der Waals surface area (Å²) in [6.07, 6.45) is 1.69. The smallest absolute Gasteiger partial charge is 0.129 e. The second kappa shape index (κ2) is 5.96. The van der Waals surface area contributed by atoms with Crippen LogP contribution in [-0.2, 0) is 4.79 Å². The first kappa shape index (κ1) is 12.3. The molecule has 0 saturated heterocycles. The summed E-state index contributed by atoms with van der Waals surface area (Å²) in [6, 6.07) is 6.51. The summed E-state index contributed by atoms with van der Waals surface area (Å²) in [5.74, 6) is 1.32. The van der Waals surface area contributed by atoms with Gasteiger partial charge < -0.3 is 4.79 Å². The second-order valence-electron chi connectivity index (χ2n) is 3.92. The van der Waals surface area contributed by atoms with Crippen LogP contribution >= 0.6 is 11.8 Å². The number of carbonyl (C=O) groups is 1. The van der Waals surface area contributed by atoms with Crippen molar-refractivity contribution in [2.24, 2.45) is 0 Å². The van der Waals surface area contributed by atoms with Crippen molar-refractivity contribution in [1.82, 2.24) is 0 Å². The van der Waals surface area contributed by atoms with E-state index in [1.54, 1.807) is 6.92 Å². The third kappa shape index (κ3) is 4.52. The molecule has 0 aromatic heterocycles. The normalized spacial score (nSPS) is 10.3. The van der Waals surface area contributed by atoms with E-state index in [1.807, 2.05) is 11.8 Å². The summed E-state index contributed by atoms with van der Waals surface area (Å²) in [7, 11) is 0. The molecule has 82 valence electrons. The van der Waals surface area contributed by atoms with Gasteiger partial charge >= 0.3 is 0 Å². The van der Waals surface area contributed by atoms with Crippen LogP contribution in [0.25, 0.3) is 0 Å². The van der Waals surface area contributed by atoms with Crippen molar-refractivity contribution < 1.29 is 4.79 Å². The molecule has 15 heavy (non-hydrogen) atoms. The van der Waals surface area contributed by atoms with Crippen LogP contribution in [0.4, 0.5) is 0 Å². The molecule has 0 fully saturated rings. The van der Waals surface area contributed by atoms with Gasteiger partial charge in [-0.15, -0.1) is 11.8 Å². The number of aryl methyl sites for hydroxylation is 2. The molecule has 1 rings (SSSR count). The van der Waals surface area contributed by atoms with Gasteiger partial charge in [0.1, 0.15) is 5.78 Å². The highest BCUT2D eigenvalue weighted by Crippen LogP contribution is 2.24. The van der Waals surface area contributed by atoms with E-state index in [4.69, 9.17) is 0 Å². The quantitative estimate of drug-likeness (QED) is 0.557. The molecule has 0 aliphatic rings. The van der Waals surface area contributed by atoms with Gasteiger partial charge in [-0.3, -0.25) is 0 Å². The number of ketones is 1. The molecule has 0 heterocycles. The SMILES string of the molecule is CC(=O)CCCSc1ccc(C)cc1C. The number of hydrogen-bond donors (Lipinski definition) is 0. The Balaban J connectivity index is 2.40. The van der Waals surface area contributed by atoms with Crippen LogP contribution in [0.1, 0.15) is 30.9 Å². The zero-order valence-electron chi connectivity index (χ0n) is 9.67. The number of rotatable bonds is 5. The van der Waals surface area contributed by atoms with Crippen LogP contribution in [0.2, 0.25) is 0 Å². The molecule has 1 nitrogen and oxygen atoms in total. The van der Waals surface area contributed by atoms with E-state index in [0.717, 1.165) is 12.2 Å². The Bertz CT molecular complexity index is 344. The van der Waals surface area contributed by atoms with Crippen molar-refractivity contribution >= 4 is 17.5 Å². The van der Waals surface area contributed by atoms with Crippen molar-refractivity contribution in [2.75, 3.05) is 5.75 Å². The molecule has 0 saturated carbocycles. The minimum atomic E-state index is 0.288. The Labute approximate surface area is 96.3 Å². The lowest BCUT2D eigenvalue weighted by Gasteiger charge is -2.05. The van der Waals surface area contributed by atoms with E-state index in [0.29, 0.717) is 6.42 Å². The fourth-order valence-corrected chi connectivity index (χ4v) is 2.42. The number of hydrogen-bond acceptors (Lipinski definition) is 2. The van der Waals surface area contributed by atoms with Gasteiger partial charge in [-0.05, 0) is 44.6 Å². The fraction of sp³-hybridized carbons (Fsp3) is 0.462. The number of carbonyl (C=O) groups excluding carboxylic acids is 1. The van der Waals surface area contributed by atoms with Crippen molar-refractivity contribution in [1.29, 1.82) is 0 Å². The third-order valence-corrected chi connectivity index (χ3v) is 3.52. The zero-order chi connectivity index (χ0) is 11.3. The molecule has 0 atom stereocenters. The number of thioether (sulfide) groups is 1. The van der Waals surface area contributed by atoms with Crippen LogP contribution in [0, 0.1) is 13.8 Å². The van der Waals surface area contributed by atoms with Gasteiger partial charge in [0, 0.05) is 11.3 Å². The molecule has 2 heteroatoms. The van der Waals surface area contributed by atoms with Gasteiger partial charge in [0.05, 0.1) is 0 Å². The van der Waals surface area contributed by atoms with Crippen LogP contribution in [0.15, 0.2) is 23.1 Å². The first-order valence-electron chi connectivity index (χ1n) is 5.29. The average molecular weight is 222 g/mol. The highest BCUT2D eigenvalue weighted by Gasteiger charge is 2.00. The molecule has 1 aromatic carbocycles.